The number of amides is 2. The van der Waals surface area contributed by atoms with Gasteiger partial charge in [0.15, 0.2) is 0 Å². The molecule has 9 heteroatoms. The first kappa shape index (κ1) is 21.8. The lowest BCUT2D eigenvalue weighted by Crippen LogP contribution is -2.33. The molecule has 2 heterocycles. The topological polar surface area (TPSA) is 86.8 Å². The summed E-state index contributed by atoms with van der Waals surface area (Å²) in [6, 6.07) is 9.61. The van der Waals surface area contributed by atoms with Crippen LogP contribution >= 0.6 is 11.6 Å². The van der Waals surface area contributed by atoms with Crippen LogP contribution in [0.25, 0.3) is 0 Å². The molecular formula is C22H24ClN3O4S. The van der Waals surface area contributed by atoms with Gasteiger partial charge in [-0.3, -0.25) is 9.59 Å². The average Bonchev–Trinajstić information content (AvgIpc) is 3.29. The van der Waals surface area contributed by atoms with Crippen LogP contribution < -0.4 is 10.2 Å². The van der Waals surface area contributed by atoms with E-state index in [4.69, 9.17) is 11.6 Å². The lowest BCUT2D eigenvalue weighted by atomic mass is 10.0. The normalized spacial score (nSPS) is 16.8. The molecule has 0 saturated carbocycles. The summed E-state index contributed by atoms with van der Waals surface area (Å²) in [5.41, 5.74) is 2.51. The molecule has 0 atom stereocenters. The Balaban J connectivity index is 1.58. The van der Waals surface area contributed by atoms with Crippen LogP contribution in [0.15, 0.2) is 41.3 Å². The molecule has 2 aliphatic rings. The Morgan fingerprint density at radius 1 is 1.00 bits per heavy atom. The summed E-state index contributed by atoms with van der Waals surface area (Å²) in [4.78, 5) is 26.5. The summed E-state index contributed by atoms with van der Waals surface area (Å²) in [6.07, 6.45) is 3.33. The molecule has 2 aromatic carbocycles. The van der Waals surface area contributed by atoms with Gasteiger partial charge in [0, 0.05) is 37.9 Å². The SMILES string of the molecule is CC(=O)N1CCCc2cc(NC(=O)c3cc(S(=O)(=O)N4CCCC4)ccc3Cl)ccc21. The van der Waals surface area contributed by atoms with Crippen LogP contribution in [0.3, 0.4) is 0 Å². The van der Waals surface area contributed by atoms with E-state index in [0.29, 0.717) is 25.3 Å². The summed E-state index contributed by atoms with van der Waals surface area (Å²) in [5.74, 6) is -0.497. The largest absolute Gasteiger partial charge is 0.322 e. The minimum Gasteiger partial charge on any atom is -0.322 e. The fourth-order valence-electron chi connectivity index (χ4n) is 4.12. The Morgan fingerprint density at radius 3 is 2.45 bits per heavy atom. The third-order valence-electron chi connectivity index (χ3n) is 5.72. The maximum atomic E-state index is 12.9. The van der Waals surface area contributed by atoms with Crippen LogP contribution in [0.1, 0.15) is 42.1 Å². The summed E-state index contributed by atoms with van der Waals surface area (Å²) in [7, 11) is -3.65. The number of hydrogen-bond donors (Lipinski definition) is 1. The predicted molar refractivity (Wildman–Crippen MR) is 120 cm³/mol. The molecule has 2 amide bonds. The number of fused-ring (bicyclic) bond motifs is 1. The van der Waals surface area contributed by atoms with E-state index < -0.39 is 15.9 Å². The van der Waals surface area contributed by atoms with Gasteiger partial charge in [0.2, 0.25) is 15.9 Å². The molecule has 4 rings (SSSR count). The van der Waals surface area contributed by atoms with Gasteiger partial charge in [0.1, 0.15) is 0 Å². The van der Waals surface area contributed by atoms with Gasteiger partial charge in [-0.1, -0.05) is 11.6 Å². The standard InChI is InChI=1S/C22H24ClN3O4S/c1-15(27)26-12-4-5-16-13-17(6-9-21(16)26)24-22(28)19-14-18(7-8-20(19)23)31(29,30)25-10-2-3-11-25/h6-9,13-14H,2-5,10-12H2,1H3,(H,24,28). The highest BCUT2D eigenvalue weighted by Crippen LogP contribution is 2.31. The van der Waals surface area contributed by atoms with Crippen molar-refractivity contribution in [1.82, 2.24) is 4.31 Å². The van der Waals surface area contributed by atoms with Crippen molar-refractivity contribution in [2.24, 2.45) is 0 Å². The Morgan fingerprint density at radius 2 is 1.74 bits per heavy atom. The number of aryl methyl sites for hydroxylation is 1. The second-order valence-corrected chi connectivity index (χ2v) is 10.2. The molecule has 1 saturated heterocycles. The highest BCUT2D eigenvalue weighted by Gasteiger charge is 2.28. The Hall–Kier alpha value is -2.42. The van der Waals surface area contributed by atoms with Crippen LogP contribution in [-0.4, -0.2) is 44.2 Å². The van der Waals surface area contributed by atoms with Gasteiger partial charge < -0.3 is 10.2 Å². The molecule has 164 valence electrons. The molecule has 0 spiro atoms. The first-order valence-corrected chi connectivity index (χ1v) is 12.1. The van der Waals surface area contributed by atoms with Crippen LogP contribution in [0.5, 0.6) is 0 Å². The third-order valence-corrected chi connectivity index (χ3v) is 7.95. The van der Waals surface area contributed by atoms with Crippen LogP contribution in [0.4, 0.5) is 11.4 Å². The van der Waals surface area contributed by atoms with E-state index in [2.05, 4.69) is 5.32 Å². The first-order valence-electron chi connectivity index (χ1n) is 10.3. The zero-order valence-electron chi connectivity index (χ0n) is 17.2. The van der Waals surface area contributed by atoms with Gasteiger partial charge in [-0.05, 0) is 67.6 Å². The van der Waals surface area contributed by atoms with E-state index in [1.54, 1.807) is 11.0 Å². The van der Waals surface area contributed by atoms with Crippen molar-refractivity contribution >= 4 is 44.8 Å². The molecule has 2 aliphatic heterocycles. The lowest BCUT2D eigenvalue weighted by molar-refractivity contribution is -0.116. The van der Waals surface area contributed by atoms with E-state index in [1.807, 2.05) is 12.1 Å². The number of anilines is 2. The maximum Gasteiger partial charge on any atom is 0.257 e. The fourth-order valence-corrected chi connectivity index (χ4v) is 5.86. The summed E-state index contributed by atoms with van der Waals surface area (Å²) in [6.45, 7) is 3.19. The number of hydrogen-bond acceptors (Lipinski definition) is 4. The molecule has 0 aliphatic carbocycles. The number of benzene rings is 2. The summed E-state index contributed by atoms with van der Waals surface area (Å²) >= 11 is 6.22. The number of carbonyl (C=O) groups is 2. The molecule has 2 aromatic rings. The van der Waals surface area contributed by atoms with Crippen molar-refractivity contribution in [3.63, 3.8) is 0 Å². The van der Waals surface area contributed by atoms with Gasteiger partial charge in [-0.2, -0.15) is 4.31 Å². The van der Waals surface area contributed by atoms with Crippen LogP contribution in [0.2, 0.25) is 5.02 Å². The van der Waals surface area contributed by atoms with Gasteiger partial charge in [-0.15, -0.1) is 0 Å². The molecule has 0 bridgehead atoms. The number of sulfonamides is 1. The van der Waals surface area contributed by atoms with E-state index in [-0.39, 0.29) is 21.4 Å². The Kier molecular flexibility index (Phi) is 6.05. The minimum absolute atomic E-state index is 0.0134. The smallest absolute Gasteiger partial charge is 0.257 e. The van der Waals surface area contributed by atoms with Crippen LogP contribution in [-0.2, 0) is 21.2 Å². The monoisotopic (exact) mass is 461 g/mol. The summed E-state index contributed by atoms with van der Waals surface area (Å²) in [5, 5.41) is 2.99. The Labute approximate surface area is 187 Å². The van der Waals surface area contributed by atoms with Crippen molar-refractivity contribution < 1.29 is 18.0 Å². The Bertz CT molecular complexity index is 1140. The van der Waals surface area contributed by atoms with E-state index in [0.717, 1.165) is 36.9 Å². The molecule has 1 N–H and O–H groups in total. The number of nitrogens with zero attached hydrogens (tertiary/aromatic N) is 2. The maximum absolute atomic E-state index is 12.9. The van der Waals surface area contributed by atoms with E-state index in [1.165, 1.54) is 29.4 Å². The molecule has 0 unspecified atom stereocenters. The quantitative estimate of drug-likeness (QED) is 0.752. The van der Waals surface area contributed by atoms with Crippen molar-refractivity contribution in [1.29, 1.82) is 0 Å². The molecule has 0 radical (unpaired) electrons. The highest BCUT2D eigenvalue weighted by molar-refractivity contribution is 7.89. The minimum atomic E-state index is -3.65. The lowest BCUT2D eigenvalue weighted by Gasteiger charge is -2.29. The second-order valence-electron chi connectivity index (χ2n) is 7.82. The van der Waals surface area contributed by atoms with Gasteiger partial charge in [-0.25, -0.2) is 8.42 Å². The number of halogens is 1. The average molecular weight is 462 g/mol. The number of nitrogens with one attached hydrogen (secondary N) is 1. The first-order chi connectivity index (χ1) is 14.8. The van der Waals surface area contributed by atoms with E-state index in [9.17, 15) is 18.0 Å². The molecule has 31 heavy (non-hydrogen) atoms. The van der Waals surface area contributed by atoms with Crippen LogP contribution in [0, 0.1) is 0 Å². The van der Waals surface area contributed by atoms with Gasteiger partial charge >= 0.3 is 0 Å². The molecule has 7 nitrogen and oxygen atoms in total. The number of carbonyl (C=O) groups excluding carboxylic acids is 2. The molecular weight excluding hydrogens is 438 g/mol. The number of rotatable bonds is 4. The highest BCUT2D eigenvalue weighted by atomic mass is 35.5. The van der Waals surface area contributed by atoms with Crippen molar-refractivity contribution in [3.8, 4) is 0 Å². The third kappa shape index (κ3) is 4.33. The zero-order valence-corrected chi connectivity index (χ0v) is 18.8. The molecule has 0 aromatic heterocycles. The van der Waals surface area contributed by atoms with Crippen molar-refractivity contribution in [2.75, 3.05) is 29.9 Å². The second kappa shape index (κ2) is 8.61. The van der Waals surface area contributed by atoms with Gasteiger partial charge in [0.05, 0.1) is 15.5 Å². The van der Waals surface area contributed by atoms with Gasteiger partial charge in [0.25, 0.3) is 5.91 Å². The molecule has 1 fully saturated rings. The van der Waals surface area contributed by atoms with E-state index >= 15 is 0 Å². The predicted octanol–water partition coefficient (Wildman–Crippen LogP) is 3.68. The van der Waals surface area contributed by atoms with Crippen molar-refractivity contribution in [3.05, 3.63) is 52.5 Å². The zero-order chi connectivity index (χ0) is 22.2. The summed E-state index contributed by atoms with van der Waals surface area (Å²) < 4.78 is 27.1. The van der Waals surface area contributed by atoms with Crippen molar-refractivity contribution in [2.45, 2.75) is 37.5 Å². The fraction of sp³-hybridized carbons (Fsp3) is 0.364.